The molecule has 50 heavy (non-hydrogen) atoms. The number of hydrogen-bond acceptors (Lipinski definition) is 5. The van der Waals surface area contributed by atoms with Crippen LogP contribution in [-0.4, -0.2) is 75.8 Å². The molecule has 4 amide bonds. The number of hydrogen-bond donors (Lipinski definition) is 2. The average Bonchev–Trinajstić information content (AvgIpc) is 3.38. The number of pyridine rings is 1. The maximum absolute atomic E-state index is 14.8. The minimum Gasteiger partial charge on any atom is -0.444 e. The molecule has 1 saturated heterocycles. The third-order valence-electron chi connectivity index (χ3n) is 9.17. The third kappa shape index (κ3) is 7.82. The lowest BCUT2D eigenvalue weighted by molar-refractivity contribution is -0.127. The number of benzene rings is 2. The van der Waals surface area contributed by atoms with Gasteiger partial charge in [0.1, 0.15) is 17.1 Å². The van der Waals surface area contributed by atoms with Crippen molar-refractivity contribution in [2.45, 2.75) is 66.0 Å². The number of fused-ring (bicyclic) bond motifs is 1. The van der Waals surface area contributed by atoms with Crippen molar-refractivity contribution in [3.05, 3.63) is 101 Å². The molecule has 1 aliphatic rings. The normalized spacial score (nSPS) is 15.2. The van der Waals surface area contributed by atoms with Crippen LogP contribution in [0.5, 0.6) is 0 Å². The average molecular weight is 684 g/mol. The molecule has 10 nitrogen and oxygen atoms in total. The molecule has 0 bridgehead atoms. The molecule has 2 aromatic heterocycles. The van der Waals surface area contributed by atoms with Gasteiger partial charge in [-0.25, -0.2) is 9.18 Å². The molecule has 1 atom stereocenters. The highest BCUT2D eigenvalue weighted by Gasteiger charge is 2.38. The first-order valence-corrected chi connectivity index (χ1v) is 16.8. The molecule has 0 unspecified atom stereocenters. The zero-order valence-electron chi connectivity index (χ0n) is 29.6. The lowest BCUT2D eigenvalue weighted by Crippen LogP contribution is -2.58. The molecule has 0 radical (unpaired) electrons. The number of rotatable bonds is 9. The van der Waals surface area contributed by atoms with Crippen molar-refractivity contribution >= 4 is 29.3 Å². The molecular formula is C39H46FN5O5. The number of amides is 4. The van der Waals surface area contributed by atoms with Gasteiger partial charge in [-0.1, -0.05) is 48.5 Å². The van der Waals surface area contributed by atoms with Crippen LogP contribution in [0.4, 0.5) is 9.18 Å². The number of nitrogens with two attached hydrogens (primary N) is 1. The zero-order valence-corrected chi connectivity index (χ0v) is 29.6. The Morgan fingerprint density at radius 3 is 2.32 bits per heavy atom. The van der Waals surface area contributed by atoms with Crippen LogP contribution in [0, 0.1) is 18.2 Å². The van der Waals surface area contributed by atoms with Gasteiger partial charge in [0.25, 0.3) is 5.91 Å². The number of nitrogens with one attached hydrogen (secondary N) is 1. The summed E-state index contributed by atoms with van der Waals surface area (Å²) in [5.41, 5.74) is 8.82. The van der Waals surface area contributed by atoms with Crippen molar-refractivity contribution in [2.24, 2.45) is 11.1 Å². The van der Waals surface area contributed by atoms with Gasteiger partial charge < -0.3 is 30.0 Å². The van der Waals surface area contributed by atoms with Gasteiger partial charge in [-0.05, 0) is 82.0 Å². The molecule has 264 valence electrons. The molecule has 4 aromatic rings. The largest absolute Gasteiger partial charge is 0.444 e. The standard InChI is InChI=1S/C39H46FN5O5/c1-25-27(15-12-16-30(25)40)21-29-33(26-13-8-7-9-14-26)31-17-10-11-18-45(31)34(29)35(47)43-19-20-44(37(49)50-38(2,3)4)28(23-43)22-32(46)42-24-39(5,6)36(41)48/h7-18,28H,19-24H2,1-6H3,(H2,41,48)(H,42,46)/t28-/m0/s1. The lowest BCUT2D eigenvalue weighted by Gasteiger charge is -2.41. The first-order valence-electron chi connectivity index (χ1n) is 16.8. The molecule has 2 aromatic carbocycles. The summed E-state index contributed by atoms with van der Waals surface area (Å²) in [7, 11) is 0. The van der Waals surface area contributed by atoms with Gasteiger partial charge >= 0.3 is 6.09 Å². The Balaban J connectivity index is 1.55. The second-order valence-corrected chi connectivity index (χ2v) is 14.5. The molecule has 0 spiro atoms. The molecule has 5 rings (SSSR count). The van der Waals surface area contributed by atoms with Crippen molar-refractivity contribution in [3.63, 3.8) is 0 Å². The first kappa shape index (κ1) is 36.1. The van der Waals surface area contributed by atoms with Crippen LogP contribution in [0.15, 0.2) is 72.9 Å². The Kier molecular flexibility index (Phi) is 10.4. The Bertz CT molecular complexity index is 1910. The predicted molar refractivity (Wildman–Crippen MR) is 190 cm³/mol. The van der Waals surface area contributed by atoms with Gasteiger partial charge in [0.15, 0.2) is 0 Å². The van der Waals surface area contributed by atoms with Gasteiger partial charge in [0, 0.05) is 50.8 Å². The van der Waals surface area contributed by atoms with Gasteiger partial charge in [-0.2, -0.15) is 0 Å². The highest BCUT2D eigenvalue weighted by molar-refractivity contribution is 6.01. The van der Waals surface area contributed by atoms with E-state index in [9.17, 15) is 23.6 Å². The van der Waals surface area contributed by atoms with E-state index in [4.69, 9.17) is 10.5 Å². The summed E-state index contributed by atoms with van der Waals surface area (Å²) in [5, 5.41) is 2.77. The van der Waals surface area contributed by atoms with Crippen molar-refractivity contribution < 1.29 is 28.3 Å². The smallest absolute Gasteiger partial charge is 0.410 e. The van der Waals surface area contributed by atoms with E-state index in [1.54, 1.807) is 52.5 Å². The van der Waals surface area contributed by atoms with Gasteiger partial charge in [0.05, 0.1) is 17.0 Å². The van der Waals surface area contributed by atoms with Crippen LogP contribution in [0.3, 0.4) is 0 Å². The summed E-state index contributed by atoms with van der Waals surface area (Å²) in [6, 6.07) is 19.8. The van der Waals surface area contributed by atoms with Crippen molar-refractivity contribution in [1.82, 2.24) is 19.5 Å². The van der Waals surface area contributed by atoms with Gasteiger partial charge in [-0.15, -0.1) is 0 Å². The number of primary amides is 1. The van der Waals surface area contributed by atoms with E-state index >= 15 is 0 Å². The minimum absolute atomic E-state index is 0.0181. The fraction of sp³-hybridized carbons (Fsp3) is 0.385. The lowest BCUT2D eigenvalue weighted by atomic mass is 9.92. The van der Waals surface area contributed by atoms with Gasteiger partial charge in [0.2, 0.25) is 11.8 Å². The van der Waals surface area contributed by atoms with Crippen molar-refractivity contribution in [3.8, 4) is 11.1 Å². The summed E-state index contributed by atoms with van der Waals surface area (Å²) in [6.07, 6.45) is 1.44. The number of piperazine rings is 1. The Morgan fingerprint density at radius 2 is 1.64 bits per heavy atom. The van der Waals surface area contributed by atoms with Crippen LogP contribution < -0.4 is 11.1 Å². The van der Waals surface area contributed by atoms with E-state index in [0.29, 0.717) is 17.7 Å². The minimum atomic E-state index is -0.974. The summed E-state index contributed by atoms with van der Waals surface area (Å²) in [4.78, 5) is 56.5. The van der Waals surface area contributed by atoms with E-state index in [0.717, 1.165) is 27.8 Å². The predicted octanol–water partition coefficient (Wildman–Crippen LogP) is 5.72. The Morgan fingerprint density at radius 1 is 0.940 bits per heavy atom. The van der Waals surface area contributed by atoms with Crippen molar-refractivity contribution in [2.75, 3.05) is 26.2 Å². The Labute approximate surface area is 292 Å². The molecule has 3 N–H and O–H groups in total. The van der Waals surface area contributed by atoms with Crippen LogP contribution in [0.2, 0.25) is 0 Å². The molecule has 3 heterocycles. The first-order chi connectivity index (χ1) is 23.6. The summed E-state index contributed by atoms with van der Waals surface area (Å²) >= 11 is 0. The maximum atomic E-state index is 14.8. The van der Waals surface area contributed by atoms with E-state index in [2.05, 4.69) is 5.32 Å². The second kappa shape index (κ2) is 14.3. The zero-order chi connectivity index (χ0) is 36.4. The number of ether oxygens (including phenoxy) is 1. The second-order valence-electron chi connectivity index (χ2n) is 14.5. The van der Waals surface area contributed by atoms with E-state index in [-0.39, 0.29) is 44.3 Å². The third-order valence-corrected chi connectivity index (χ3v) is 9.17. The SMILES string of the molecule is Cc1c(F)cccc1Cc1c(-c2ccccc2)c2ccccn2c1C(=O)N1CCN(C(=O)OC(C)(C)C)[C@@H](CC(=O)NCC(C)(C)C(N)=O)C1. The fourth-order valence-electron chi connectivity index (χ4n) is 6.24. The van der Waals surface area contributed by atoms with E-state index in [1.165, 1.54) is 11.0 Å². The number of nitrogens with zero attached hydrogens (tertiary/aromatic N) is 3. The highest BCUT2D eigenvalue weighted by atomic mass is 19.1. The highest BCUT2D eigenvalue weighted by Crippen LogP contribution is 2.37. The monoisotopic (exact) mass is 683 g/mol. The summed E-state index contributed by atoms with van der Waals surface area (Å²) in [6.45, 7) is 10.7. The number of carbonyl (C=O) groups is 4. The molecular weight excluding hydrogens is 637 g/mol. The van der Waals surface area contributed by atoms with Crippen LogP contribution in [-0.2, 0) is 20.7 Å². The molecule has 1 aliphatic heterocycles. The quantitative estimate of drug-likeness (QED) is 0.233. The van der Waals surface area contributed by atoms with Crippen LogP contribution in [0.25, 0.3) is 16.6 Å². The molecule has 11 heteroatoms. The number of aromatic nitrogens is 1. The number of halogens is 1. The summed E-state index contributed by atoms with van der Waals surface area (Å²) in [5.74, 6) is -1.55. The van der Waals surface area contributed by atoms with Crippen LogP contribution >= 0.6 is 0 Å². The Hall–Kier alpha value is -5.19. The van der Waals surface area contributed by atoms with E-state index < -0.39 is 35.0 Å². The molecule has 0 aliphatic carbocycles. The maximum Gasteiger partial charge on any atom is 0.410 e. The van der Waals surface area contributed by atoms with E-state index in [1.807, 2.05) is 65.2 Å². The van der Waals surface area contributed by atoms with Gasteiger partial charge in [-0.3, -0.25) is 14.4 Å². The van der Waals surface area contributed by atoms with Crippen molar-refractivity contribution in [1.29, 1.82) is 0 Å². The number of carbonyl (C=O) groups excluding carboxylic acids is 4. The molecule has 0 saturated carbocycles. The molecule has 1 fully saturated rings. The fourth-order valence-corrected chi connectivity index (χ4v) is 6.24. The summed E-state index contributed by atoms with van der Waals surface area (Å²) < 4.78 is 22.4. The topological polar surface area (TPSA) is 126 Å². The van der Waals surface area contributed by atoms with Crippen LogP contribution in [0.1, 0.15) is 68.2 Å².